The number of carbonyl (C=O) groups excluding carboxylic acids is 1. The van der Waals surface area contributed by atoms with E-state index in [2.05, 4.69) is 0 Å². The average molecular weight is 281 g/mol. The summed E-state index contributed by atoms with van der Waals surface area (Å²) < 4.78 is 19.0. The Morgan fingerprint density at radius 2 is 1.89 bits per heavy atom. The fourth-order valence-corrected chi connectivity index (χ4v) is 3.80. The molecule has 0 bridgehead atoms. The molecule has 1 aliphatic heterocycles. The van der Waals surface area contributed by atoms with Crippen LogP contribution in [0.3, 0.4) is 0 Å². The molecule has 0 amide bonds. The molecule has 0 N–H and O–H groups in total. The van der Waals surface area contributed by atoms with Crippen LogP contribution in [0, 0.1) is 12.8 Å². The van der Waals surface area contributed by atoms with E-state index >= 15 is 0 Å². The van der Waals surface area contributed by atoms with Crippen LogP contribution >= 0.6 is 0 Å². The zero-order valence-electron chi connectivity index (χ0n) is 11.6. The minimum atomic E-state index is -1.30. The maximum atomic E-state index is 12.5. The van der Waals surface area contributed by atoms with Gasteiger partial charge in [-0.1, -0.05) is 31.5 Å². The van der Waals surface area contributed by atoms with E-state index < -0.39 is 11.0 Å². The van der Waals surface area contributed by atoms with E-state index in [0.717, 1.165) is 10.5 Å². The van der Waals surface area contributed by atoms with Crippen molar-refractivity contribution in [3.8, 4) is 0 Å². The lowest BCUT2D eigenvalue weighted by molar-refractivity contribution is -0.140. The van der Waals surface area contributed by atoms with Crippen LogP contribution < -0.4 is 0 Å². The molecule has 4 nitrogen and oxygen atoms in total. The highest BCUT2D eigenvalue weighted by atomic mass is 32.2. The number of hydrogen-bond acceptors (Lipinski definition) is 3. The Kier molecular flexibility index (Phi) is 4.06. The SMILES string of the molecule is COC(=O)[C@@H]1[C@H](C(C)C)N1S(=O)c1ccc(C)cc1. The molecule has 5 heteroatoms. The highest BCUT2D eigenvalue weighted by Gasteiger charge is 2.58. The molecule has 1 heterocycles. The third-order valence-electron chi connectivity index (χ3n) is 3.34. The van der Waals surface area contributed by atoms with Crippen molar-refractivity contribution in [1.82, 2.24) is 4.31 Å². The van der Waals surface area contributed by atoms with Gasteiger partial charge < -0.3 is 4.74 Å². The number of aryl methyl sites for hydroxylation is 1. The lowest BCUT2D eigenvalue weighted by Crippen LogP contribution is -2.16. The first-order valence-corrected chi connectivity index (χ1v) is 7.42. The Labute approximate surface area is 116 Å². The van der Waals surface area contributed by atoms with Crippen LogP contribution in [0.2, 0.25) is 0 Å². The van der Waals surface area contributed by atoms with Crippen molar-refractivity contribution >= 4 is 17.0 Å². The van der Waals surface area contributed by atoms with E-state index in [4.69, 9.17) is 4.74 Å². The van der Waals surface area contributed by atoms with Gasteiger partial charge in [0, 0.05) is 0 Å². The summed E-state index contributed by atoms with van der Waals surface area (Å²) in [6.45, 7) is 6.03. The van der Waals surface area contributed by atoms with Gasteiger partial charge in [-0.2, -0.15) is 4.31 Å². The van der Waals surface area contributed by atoms with Crippen LogP contribution in [0.15, 0.2) is 29.2 Å². The molecular weight excluding hydrogens is 262 g/mol. The second-order valence-corrected chi connectivity index (χ2v) is 6.52. The van der Waals surface area contributed by atoms with Gasteiger partial charge in [0.2, 0.25) is 0 Å². The van der Waals surface area contributed by atoms with Gasteiger partial charge in [-0.05, 0) is 25.0 Å². The Balaban J connectivity index is 2.19. The molecule has 104 valence electrons. The molecular formula is C14H19NO3S. The van der Waals surface area contributed by atoms with Crippen LogP contribution in [-0.4, -0.2) is 33.7 Å². The van der Waals surface area contributed by atoms with Crippen LogP contribution in [0.25, 0.3) is 0 Å². The standard InChI is InChI=1S/C14H19NO3S/c1-9(2)12-13(14(16)18-4)15(12)19(17)11-7-5-10(3)6-8-11/h5-9,12-13H,1-4H3/t12-,13-,15?,19?/m0/s1. The number of methoxy groups -OCH3 is 1. The summed E-state index contributed by atoms with van der Waals surface area (Å²) in [5, 5.41) is 0. The molecule has 0 aliphatic carbocycles. The minimum Gasteiger partial charge on any atom is -0.468 e. The maximum absolute atomic E-state index is 12.5. The quantitative estimate of drug-likeness (QED) is 0.625. The molecule has 0 spiro atoms. The first-order valence-electron chi connectivity index (χ1n) is 6.32. The molecule has 1 aromatic rings. The number of hydrogen-bond donors (Lipinski definition) is 0. The summed E-state index contributed by atoms with van der Waals surface area (Å²) in [7, 11) is 0.0634. The average Bonchev–Trinajstić information content (AvgIpc) is 3.13. The second-order valence-electron chi connectivity index (χ2n) is 5.12. The van der Waals surface area contributed by atoms with Crippen LogP contribution in [0.4, 0.5) is 0 Å². The Morgan fingerprint density at radius 3 is 2.37 bits per heavy atom. The zero-order valence-corrected chi connectivity index (χ0v) is 12.4. The fraction of sp³-hybridized carbons (Fsp3) is 0.500. The lowest BCUT2D eigenvalue weighted by atomic mass is 10.1. The highest BCUT2D eigenvalue weighted by molar-refractivity contribution is 7.83. The van der Waals surface area contributed by atoms with Crippen molar-refractivity contribution < 1.29 is 13.7 Å². The molecule has 2 unspecified atom stereocenters. The van der Waals surface area contributed by atoms with E-state index in [9.17, 15) is 9.00 Å². The van der Waals surface area contributed by atoms with Crippen LogP contribution in [0.5, 0.6) is 0 Å². The van der Waals surface area contributed by atoms with Gasteiger partial charge in [-0.3, -0.25) is 4.79 Å². The van der Waals surface area contributed by atoms with Gasteiger partial charge in [0.1, 0.15) is 17.0 Å². The first kappa shape index (κ1) is 14.2. The summed E-state index contributed by atoms with van der Waals surface area (Å²) in [5.74, 6) is -0.0438. The van der Waals surface area contributed by atoms with Crippen molar-refractivity contribution in [2.45, 2.75) is 37.8 Å². The molecule has 1 aromatic carbocycles. The summed E-state index contributed by atoms with van der Waals surface area (Å²) >= 11 is 0. The number of ether oxygens (including phenoxy) is 1. The molecule has 1 saturated heterocycles. The van der Waals surface area contributed by atoms with E-state index in [1.54, 1.807) is 4.31 Å². The van der Waals surface area contributed by atoms with Crippen LogP contribution in [0.1, 0.15) is 19.4 Å². The smallest absolute Gasteiger partial charge is 0.325 e. The molecule has 1 fully saturated rings. The van der Waals surface area contributed by atoms with E-state index in [1.807, 2.05) is 45.0 Å². The van der Waals surface area contributed by atoms with E-state index in [0.29, 0.717) is 0 Å². The zero-order chi connectivity index (χ0) is 14.2. The fourth-order valence-electron chi connectivity index (χ4n) is 2.24. The highest BCUT2D eigenvalue weighted by Crippen LogP contribution is 2.38. The maximum Gasteiger partial charge on any atom is 0.325 e. The Morgan fingerprint density at radius 1 is 1.32 bits per heavy atom. The molecule has 0 aromatic heterocycles. The summed E-state index contributed by atoms with van der Waals surface area (Å²) in [5.41, 5.74) is 1.12. The van der Waals surface area contributed by atoms with E-state index in [-0.39, 0.29) is 24.0 Å². The Bertz CT molecular complexity index is 498. The monoisotopic (exact) mass is 281 g/mol. The molecule has 0 saturated carbocycles. The van der Waals surface area contributed by atoms with Gasteiger partial charge in [0.25, 0.3) is 0 Å². The van der Waals surface area contributed by atoms with Crippen molar-refractivity contribution in [3.63, 3.8) is 0 Å². The van der Waals surface area contributed by atoms with Crippen LogP contribution in [-0.2, 0) is 20.5 Å². The normalized spacial score (nSPS) is 27.1. The van der Waals surface area contributed by atoms with Gasteiger partial charge in [-0.25, -0.2) is 4.21 Å². The third-order valence-corrected chi connectivity index (χ3v) is 4.87. The predicted octanol–water partition coefficient (Wildman–Crippen LogP) is 1.90. The van der Waals surface area contributed by atoms with Gasteiger partial charge >= 0.3 is 5.97 Å². The number of rotatable bonds is 4. The molecule has 4 atom stereocenters. The summed E-state index contributed by atoms with van der Waals surface area (Å²) in [6.07, 6.45) is 0. The number of carbonyl (C=O) groups is 1. The first-order chi connectivity index (χ1) is 8.97. The number of esters is 1. The van der Waals surface area contributed by atoms with Crippen molar-refractivity contribution in [2.24, 2.45) is 5.92 Å². The predicted molar refractivity (Wildman–Crippen MR) is 73.9 cm³/mol. The van der Waals surface area contributed by atoms with E-state index in [1.165, 1.54) is 7.11 Å². The number of benzene rings is 1. The summed E-state index contributed by atoms with van der Waals surface area (Å²) in [6, 6.07) is 7.15. The second kappa shape index (κ2) is 5.43. The van der Waals surface area contributed by atoms with Gasteiger partial charge in [-0.15, -0.1) is 0 Å². The topological polar surface area (TPSA) is 46.4 Å². The van der Waals surface area contributed by atoms with Crippen molar-refractivity contribution in [2.75, 3.05) is 7.11 Å². The van der Waals surface area contributed by atoms with Crippen molar-refractivity contribution in [3.05, 3.63) is 29.8 Å². The Hall–Kier alpha value is -1.20. The van der Waals surface area contributed by atoms with Crippen molar-refractivity contribution in [1.29, 1.82) is 0 Å². The largest absolute Gasteiger partial charge is 0.468 e. The van der Waals surface area contributed by atoms with Gasteiger partial charge in [0.15, 0.2) is 0 Å². The van der Waals surface area contributed by atoms with Gasteiger partial charge in [0.05, 0.1) is 18.0 Å². The molecule has 1 aliphatic rings. The molecule has 0 radical (unpaired) electrons. The molecule has 2 rings (SSSR count). The number of nitrogens with zero attached hydrogens (tertiary/aromatic N) is 1. The minimum absolute atomic E-state index is 0.00501. The molecule has 19 heavy (non-hydrogen) atoms. The summed E-state index contributed by atoms with van der Waals surface area (Å²) in [4.78, 5) is 12.4. The lowest BCUT2D eigenvalue weighted by Gasteiger charge is -2.06. The third kappa shape index (κ3) is 2.72.